The van der Waals surface area contributed by atoms with E-state index < -0.39 is 5.97 Å². The maximum Gasteiger partial charge on any atom is 0.356 e. The summed E-state index contributed by atoms with van der Waals surface area (Å²) in [5.74, 6) is 1.06. The Labute approximate surface area is 128 Å². The number of aromatic nitrogens is 1. The fourth-order valence-electron chi connectivity index (χ4n) is 2.08. The zero-order valence-corrected chi connectivity index (χ0v) is 13.1. The first-order valence-corrected chi connectivity index (χ1v) is 7.93. The monoisotopic (exact) mass is 309 g/mol. The minimum Gasteiger partial charge on any atom is -0.469 e. The van der Waals surface area contributed by atoms with Crippen molar-refractivity contribution in [2.24, 2.45) is 5.41 Å². The molecule has 0 atom stereocenters. The summed E-state index contributed by atoms with van der Waals surface area (Å²) in [5.41, 5.74) is 1.28. The lowest BCUT2D eigenvalue weighted by Crippen LogP contribution is -2.13. The van der Waals surface area contributed by atoms with E-state index in [1.165, 1.54) is 14.2 Å². The van der Waals surface area contributed by atoms with Gasteiger partial charge in [0.05, 0.1) is 26.3 Å². The van der Waals surface area contributed by atoms with Crippen LogP contribution in [0.5, 0.6) is 0 Å². The number of nitrogens with zero attached hydrogens (tertiary/aromatic N) is 1. The molecule has 1 fully saturated rings. The van der Waals surface area contributed by atoms with Crippen LogP contribution in [-0.2, 0) is 20.0 Å². The number of hydrogen-bond acceptors (Lipinski definition) is 6. The Kier molecular flexibility index (Phi) is 5.22. The van der Waals surface area contributed by atoms with Crippen LogP contribution in [0.4, 0.5) is 0 Å². The number of thioether (sulfide) groups is 1. The first-order valence-electron chi connectivity index (χ1n) is 6.77. The maximum absolute atomic E-state index is 11.4. The van der Waals surface area contributed by atoms with Gasteiger partial charge < -0.3 is 9.47 Å². The zero-order valence-electron chi connectivity index (χ0n) is 12.3. The van der Waals surface area contributed by atoms with Gasteiger partial charge in [-0.25, -0.2) is 9.78 Å². The number of esters is 2. The average molecular weight is 309 g/mol. The summed E-state index contributed by atoms with van der Waals surface area (Å²) in [6.07, 6.45) is 2.64. The molecule has 1 aliphatic rings. The van der Waals surface area contributed by atoms with Crippen molar-refractivity contribution in [2.45, 2.75) is 25.0 Å². The lowest BCUT2D eigenvalue weighted by atomic mass is 10.1. The van der Waals surface area contributed by atoms with Gasteiger partial charge in [-0.1, -0.05) is 6.07 Å². The molecule has 0 bridgehead atoms. The molecule has 0 aliphatic heterocycles. The van der Waals surface area contributed by atoms with E-state index in [0.717, 1.165) is 24.3 Å². The van der Waals surface area contributed by atoms with Crippen molar-refractivity contribution in [2.75, 3.05) is 20.0 Å². The second-order valence-corrected chi connectivity index (χ2v) is 6.24. The molecule has 0 radical (unpaired) electrons. The van der Waals surface area contributed by atoms with Gasteiger partial charge in [0.2, 0.25) is 0 Å². The molecular formula is C15H19NO4S. The summed E-state index contributed by atoms with van der Waals surface area (Å²) >= 11 is 1.73. The van der Waals surface area contributed by atoms with Crippen LogP contribution in [0.25, 0.3) is 0 Å². The van der Waals surface area contributed by atoms with Crippen LogP contribution in [0.1, 0.15) is 35.4 Å². The zero-order chi connectivity index (χ0) is 15.3. The third kappa shape index (κ3) is 4.46. The van der Waals surface area contributed by atoms with Gasteiger partial charge in [-0.3, -0.25) is 4.79 Å². The third-order valence-electron chi connectivity index (χ3n) is 3.56. The van der Waals surface area contributed by atoms with Crippen molar-refractivity contribution >= 4 is 23.7 Å². The summed E-state index contributed by atoms with van der Waals surface area (Å²) in [5, 5.41) is 0. The van der Waals surface area contributed by atoms with E-state index >= 15 is 0 Å². The van der Waals surface area contributed by atoms with E-state index in [2.05, 4.69) is 9.72 Å². The van der Waals surface area contributed by atoms with Crippen LogP contribution in [0.2, 0.25) is 0 Å². The molecule has 1 heterocycles. The molecule has 0 amide bonds. The van der Waals surface area contributed by atoms with Gasteiger partial charge in [0.15, 0.2) is 0 Å². The SMILES string of the molecule is COC(=O)CC1(CSCc2cccc(C(=O)OC)n2)CC1. The van der Waals surface area contributed by atoms with Gasteiger partial charge in [0.1, 0.15) is 5.69 Å². The van der Waals surface area contributed by atoms with E-state index in [9.17, 15) is 9.59 Å². The lowest BCUT2D eigenvalue weighted by molar-refractivity contribution is -0.141. The fraction of sp³-hybridized carbons (Fsp3) is 0.533. The van der Waals surface area contributed by atoms with Gasteiger partial charge in [0, 0.05) is 5.75 Å². The fourth-order valence-corrected chi connectivity index (χ4v) is 3.37. The summed E-state index contributed by atoms with van der Waals surface area (Å²) in [7, 11) is 2.77. The number of methoxy groups -OCH3 is 2. The first kappa shape index (κ1) is 15.8. The van der Waals surface area contributed by atoms with Gasteiger partial charge in [-0.15, -0.1) is 0 Å². The quantitative estimate of drug-likeness (QED) is 0.721. The second kappa shape index (κ2) is 6.93. The number of ether oxygens (including phenoxy) is 2. The topological polar surface area (TPSA) is 65.5 Å². The van der Waals surface area contributed by atoms with Crippen molar-refractivity contribution in [3.63, 3.8) is 0 Å². The Morgan fingerprint density at radius 2 is 2.05 bits per heavy atom. The van der Waals surface area contributed by atoms with Gasteiger partial charge in [0.25, 0.3) is 0 Å². The van der Waals surface area contributed by atoms with Crippen molar-refractivity contribution in [3.05, 3.63) is 29.6 Å². The molecule has 1 saturated carbocycles. The Hall–Kier alpha value is -1.56. The number of rotatable bonds is 7. The lowest BCUT2D eigenvalue weighted by Gasteiger charge is -2.12. The van der Waals surface area contributed by atoms with E-state index in [4.69, 9.17) is 4.74 Å². The third-order valence-corrected chi connectivity index (χ3v) is 4.88. The number of carbonyl (C=O) groups is 2. The van der Waals surface area contributed by atoms with Crippen molar-refractivity contribution < 1.29 is 19.1 Å². The molecule has 1 aliphatic carbocycles. The van der Waals surface area contributed by atoms with Crippen molar-refractivity contribution in [1.29, 1.82) is 0 Å². The average Bonchev–Trinajstić information content (AvgIpc) is 3.26. The van der Waals surface area contributed by atoms with Crippen LogP contribution in [0, 0.1) is 5.41 Å². The molecule has 5 nitrogen and oxygen atoms in total. The highest BCUT2D eigenvalue weighted by atomic mass is 32.2. The Balaban J connectivity index is 1.84. The molecule has 6 heteroatoms. The van der Waals surface area contributed by atoms with Crippen LogP contribution < -0.4 is 0 Å². The van der Waals surface area contributed by atoms with Crippen LogP contribution in [0.15, 0.2) is 18.2 Å². The molecule has 1 aromatic heterocycles. The number of carbonyl (C=O) groups excluding carboxylic acids is 2. The predicted molar refractivity (Wildman–Crippen MR) is 80.0 cm³/mol. The molecule has 0 N–H and O–H groups in total. The predicted octanol–water partition coefficient (Wildman–Crippen LogP) is 2.44. The largest absolute Gasteiger partial charge is 0.469 e. The summed E-state index contributed by atoms with van der Waals surface area (Å²) < 4.78 is 9.39. The highest BCUT2D eigenvalue weighted by molar-refractivity contribution is 7.98. The van der Waals surface area contributed by atoms with Gasteiger partial charge >= 0.3 is 11.9 Å². The van der Waals surface area contributed by atoms with Gasteiger partial charge in [-0.05, 0) is 36.1 Å². The van der Waals surface area contributed by atoms with Gasteiger partial charge in [-0.2, -0.15) is 11.8 Å². The van der Waals surface area contributed by atoms with Crippen LogP contribution in [0.3, 0.4) is 0 Å². The highest BCUT2D eigenvalue weighted by Gasteiger charge is 2.44. The first-order chi connectivity index (χ1) is 10.1. The van der Waals surface area contributed by atoms with Crippen molar-refractivity contribution in [1.82, 2.24) is 4.98 Å². The minimum absolute atomic E-state index is 0.109. The Morgan fingerprint density at radius 3 is 2.67 bits per heavy atom. The standard InChI is InChI=1S/C15H19NO4S/c1-19-13(17)8-15(6-7-15)10-21-9-11-4-3-5-12(16-11)14(18)20-2/h3-5H,6-10H2,1-2H3. The molecule has 0 aromatic carbocycles. The summed E-state index contributed by atoms with van der Waals surface area (Å²) in [6.45, 7) is 0. The molecule has 0 spiro atoms. The van der Waals surface area contributed by atoms with E-state index in [1.54, 1.807) is 23.9 Å². The van der Waals surface area contributed by atoms with Crippen LogP contribution >= 0.6 is 11.8 Å². The molecule has 1 aromatic rings. The molecule has 21 heavy (non-hydrogen) atoms. The normalized spacial score (nSPS) is 15.3. The smallest absolute Gasteiger partial charge is 0.356 e. The molecule has 0 saturated heterocycles. The summed E-state index contributed by atoms with van der Waals surface area (Å²) in [6, 6.07) is 5.33. The highest BCUT2D eigenvalue weighted by Crippen LogP contribution is 2.51. The maximum atomic E-state index is 11.4. The Morgan fingerprint density at radius 1 is 1.29 bits per heavy atom. The Bertz CT molecular complexity index is 528. The second-order valence-electron chi connectivity index (χ2n) is 5.25. The molecule has 114 valence electrons. The number of pyridine rings is 1. The summed E-state index contributed by atoms with van der Waals surface area (Å²) in [4.78, 5) is 27.1. The number of hydrogen-bond donors (Lipinski definition) is 0. The minimum atomic E-state index is -0.425. The molecule has 2 rings (SSSR count). The molecule has 0 unspecified atom stereocenters. The molecular weight excluding hydrogens is 290 g/mol. The van der Waals surface area contributed by atoms with E-state index in [0.29, 0.717) is 17.9 Å². The van der Waals surface area contributed by atoms with Crippen LogP contribution in [-0.4, -0.2) is 36.9 Å². The van der Waals surface area contributed by atoms with Crippen molar-refractivity contribution in [3.8, 4) is 0 Å². The van der Waals surface area contributed by atoms with E-state index in [-0.39, 0.29) is 11.4 Å². The van der Waals surface area contributed by atoms with E-state index in [1.807, 2.05) is 6.07 Å².